The van der Waals surface area contributed by atoms with Crippen LogP contribution in [0, 0.1) is 24.2 Å². The van der Waals surface area contributed by atoms with Gasteiger partial charge in [-0.05, 0) is 46.6 Å². The smallest absolute Gasteiger partial charge is 0.310 e. The molecule has 136 valence electrons. The van der Waals surface area contributed by atoms with Gasteiger partial charge < -0.3 is 4.74 Å². The highest BCUT2D eigenvalue weighted by molar-refractivity contribution is 6.55. The van der Waals surface area contributed by atoms with E-state index in [4.69, 9.17) is 27.9 Å². The molecular formula is C22H22Cl2O2. The number of ether oxygens (including phenoxy) is 1. The molecule has 1 aliphatic rings. The molecule has 0 radical (unpaired) electrons. The van der Waals surface area contributed by atoms with Crippen LogP contribution in [0.2, 0.25) is 0 Å². The summed E-state index contributed by atoms with van der Waals surface area (Å²) in [6, 6.07) is 16.3. The summed E-state index contributed by atoms with van der Waals surface area (Å²) < 4.78 is 5.82. The Morgan fingerprint density at radius 2 is 1.81 bits per heavy atom. The van der Waals surface area contributed by atoms with Crippen molar-refractivity contribution in [3.05, 3.63) is 70.2 Å². The third-order valence-corrected chi connectivity index (χ3v) is 5.62. The number of carbonyl (C=O) groups excluding carboxylic acids is 1. The van der Waals surface area contributed by atoms with E-state index in [1.165, 1.54) is 0 Å². The quantitative estimate of drug-likeness (QED) is 0.561. The normalized spacial score (nSPS) is 20.3. The first kappa shape index (κ1) is 19.0. The average Bonchev–Trinajstić information content (AvgIpc) is 3.14. The van der Waals surface area contributed by atoms with Gasteiger partial charge in [0.15, 0.2) is 0 Å². The Bertz CT molecular complexity index is 836. The molecule has 3 rings (SSSR count). The van der Waals surface area contributed by atoms with Gasteiger partial charge in [0, 0.05) is 0 Å². The summed E-state index contributed by atoms with van der Waals surface area (Å²) in [7, 11) is 0. The van der Waals surface area contributed by atoms with Crippen molar-refractivity contribution in [3.63, 3.8) is 0 Å². The van der Waals surface area contributed by atoms with E-state index in [1.54, 1.807) is 6.08 Å². The van der Waals surface area contributed by atoms with Crippen LogP contribution >= 0.6 is 23.2 Å². The molecule has 1 saturated carbocycles. The fraction of sp³-hybridized carbons (Fsp3) is 0.318. The highest BCUT2D eigenvalue weighted by Crippen LogP contribution is 2.60. The van der Waals surface area contributed by atoms with Crippen LogP contribution in [0.1, 0.15) is 25.0 Å². The number of carbonyl (C=O) groups is 1. The fourth-order valence-corrected chi connectivity index (χ4v) is 3.86. The second-order valence-electron chi connectivity index (χ2n) is 7.34. The van der Waals surface area contributed by atoms with Gasteiger partial charge in [-0.1, -0.05) is 85.6 Å². The summed E-state index contributed by atoms with van der Waals surface area (Å²) in [5, 5.41) is 0. The third-order valence-electron chi connectivity index (χ3n) is 5.37. The van der Waals surface area contributed by atoms with Crippen molar-refractivity contribution in [1.29, 1.82) is 0 Å². The Kier molecular flexibility index (Phi) is 5.45. The van der Waals surface area contributed by atoms with Crippen molar-refractivity contribution < 1.29 is 9.53 Å². The van der Waals surface area contributed by atoms with Crippen LogP contribution < -0.4 is 0 Å². The van der Waals surface area contributed by atoms with Gasteiger partial charge in [0.1, 0.15) is 11.1 Å². The fourth-order valence-electron chi connectivity index (χ4n) is 3.58. The molecule has 0 amide bonds. The molecule has 2 atom stereocenters. The third kappa shape index (κ3) is 3.82. The second kappa shape index (κ2) is 7.46. The molecule has 1 fully saturated rings. The van der Waals surface area contributed by atoms with Crippen LogP contribution in [0.25, 0.3) is 11.1 Å². The molecule has 1 aliphatic carbocycles. The first-order valence-electron chi connectivity index (χ1n) is 8.65. The maximum Gasteiger partial charge on any atom is 0.310 e. The lowest BCUT2D eigenvalue weighted by atomic mass is 9.97. The summed E-state index contributed by atoms with van der Waals surface area (Å²) in [6.07, 6.45) is 1.73. The predicted molar refractivity (Wildman–Crippen MR) is 107 cm³/mol. The van der Waals surface area contributed by atoms with Crippen LogP contribution in [-0.4, -0.2) is 5.97 Å². The maximum absolute atomic E-state index is 12.5. The first-order valence-corrected chi connectivity index (χ1v) is 9.41. The summed E-state index contributed by atoms with van der Waals surface area (Å²) in [5.41, 5.74) is 4.28. The molecule has 0 saturated heterocycles. The Labute approximate surface area is 164 Å². The van der Waals surface area contributed by atoms with Crippen LogP contribution in [0.15, 0.2) is 59.1 Å². The van der Waals surface area contributed by atoms with Crippen LogP contribution in [-0.2, 0) is 16.1 Å². The van der Waals surface area contributed by atoms with Crippen molar-refractivity contribution in [2.45, 2.75) is 27.4 Å². The van der Waals surface area contributed by atoms with E-state index in [2.05, 4.69) is 25.1 Å². The Morgan fingerprint density at radius 3 is 2.46 bits per heavy atom. The monoisotopic (exact) mass is 388 g/mol. The van der Waals surface area contributed by atoms with E-state index in [-0.39, 0.29) is 34.3 Å². The van der Waals surface area contributed by atoms with Crippen LogP contribution in [0.4, 0.5) is 0 Å². The van der Waals surface area contributed by atoms with Gasteiger partial charge in [0.25, 0.3) is 0 Å². The number of hydrogen-bond acceptors (Lipinski definition) is 2. The molecule has 26 heavy (non-hydrogen) atoms. The average molecular weight is 389 g/mol. The Balaban J connectivity index is 1.71. The van der Waals surface area contributed by atoms with E-state index in [1.807, 2.05) is 44.2 Å². The summed E-state index contributed by atoms with van der Waals surface area (Å²) in [5.74, 6) is -0.375. The molecule has 0 bridgehead atoms. The molecule has 4 heteroatoms. The molecule has 0 aliphatic heterocycles. The first-order chi connectivity index (χ1) is 12.3. The number of esters is 1. The van der Waals surface area contributed by atoms with Gasteiger partial charge in [0.2, 0.25) is 0 Å². The van der Waals surface area contributed by atoms with Gasteiger partial charge in [0.05, 0.1) is 5.92 Å². The molecule has 2 aromatic rings. The number of benzene rings is 2. The lowest BCUT2D eigenvalue weighted by Gasteiger charge is -2.12. The molecule has 0 N–H and O–H groups in total. The summed E-state index contributed by atoms with van der Waals surface area (Å²) in [6.45, 7) is 6.38. The minimum atomic E-state index is -0.201. The van der Waals surface area contributed by atoms with E-state index in [0.29, 0.717) is 0 Å². The molecule has 0 heterocycles. The van der Waals surface area contributed by atoms with Crippen LogP contribution in [0.5, 0.6) is 0 Å². The molecule has 0 spiro atoms. The Morgan fingerprint density at radius 1 is 1.12 bits per heavy atom. The maximum atomic E-state index is 12.5. The molecule has 0 aromatic heterocycles. The topological polar surface area (TPSA) is 26.3 Å². The highest BCUT2D eigenvalue weighted by atomic mass is 35.5. The van der Waals surface area contributed by atoms with Gasteiger partial charge in [-0.25, -0.2) is 0 Å². The number of rotatable bonds is 5. The molecule has 2 aromatic carbocycles. The molecule has 2 nitrogen and oxygen atoms in total. The minimum absolute atomic E-state index is 0.0248. The lowest BCUT2D eigenvalue weighted by Crippen LogP contribution is -2.11. The van der Waals surface area contributed by atoms with Gasteiger partial charge >= 0.3 is 5.97 Å². The van der Waals surface area contributed by atoms with Gasteiger partial charge in [-0.15, -0.1) is 0 Å². The number of halogens is 2. The van der Waals surface area contributed by atoms with Crippen molar-refractivity contribution in [1.82, 2.24) is 0 Å². The van der Waals surface area contributed by atoms with E-state index < -0.39 is 0 Å². The summed E-state index contributed by atoms with van der Waals surface area (Å²) >= 11 is 11.5. The zero-order chi connectivity index (χ0) is 18.9. The zero-order valence-electron chi connectivity index (χ0n) is 15.1. The van der Waals surface area contributed by atoms with Crippen molar-refractivity contribution in [3.8, 4) is 11.1 Å². The number of allylic oxidation sites excluding steroid dienone is 1. The Hall–Kier alpha value is -1.77. The highest BCUT2D eigenvalue weighted by Gasteiger charge is 2.61. The SMILES string of the molecule is Cc1c(COC(=O)[C@@H]2[C@H](C=C(Cl)Cl)C2(C)C)cccc1-c1ccccc1. The van der Waals surface area contributed by atoms with E-state index in [9.17, 15) is 4.79 Å². The van der Waals surface area contributed by atoms with E-state index >= 15 is 0 Å². The molecule has 0 unspecified atom stereocenters. The standard InChI is InChI=1S/C22H22Cl2O2/c1-14-16(10-7-11-17(14)15-8-5-4-6-9-15)13-26-21(25)20-18(12-19(23)24)22(20,2)3/h4-12,18,20H,13H2,1-3H3/t18-,20-/m0/s1. The largest absolute Gasteiger partial charge is 0.461 e. The lowest BCUT2D eigenvalue weighted by molar-refractivity contribution is -0.147. The van der Waals surface area contributed by atoms with E-state index in [0.717, 1.165) is 22.3 Å². The second-order valence-corrected chi connectivity index (χ2v) is 8.35. The van der Waals surface area contributed by atoms with Gasteiger partial charge in [-0.3, -0.25) is 4.79 Å². The molecular weight excluding hydrogens is 367 g/mol. The van der Waals surface area contributed by atoms with Crippen molar-refractivity contribution >= 4 is 29.2 Å². The van der Waals surface area contributed by atoms with Crippen LogP contribution in [0.3, 0.4) is 0 Å². The summed E-state index contributed by atoms with van der Waals surface area (Å²) in [4.78, 5) is 12.5. The predicted octanol–water partition coefficient (Wildman–Crippen LogP) is 6.30. The minimum Gasteiger partial charge on any atom is -0.461 e. The van der Waals surface area contributed by atoms with Crippen molar-refractivity contribution in [2.24, 2.45) is 17.3 Å². The zero-order valence-corrected chi connectivity index (χ0v) is 16.6. The van der Waals surface area contributed by atoms with Gasteiger partial charge in [-0.2, -0.15) is 0 Å². The van der Waals surface area contributed by atoms with Crippen molar-refractivity contribution in [2.75, 3.05) is 0 Å². The number of hydrogen-bond donors (Lipinski definition) is 0.